The quantitative estimate of drug-likeness (QED) is 0.798. The van der Waals surface area contributed by atoms with Gasteiger partial charge in [-0.25, -0.2) is 0 Å². The lowest BCUT2D eigenvalue weighted by Gasteiger charge is -2.17. The Morgan fingerprint density at radius 1 is 1.21 bits per heavy atom. The number of para-hydroxylation sites is 1. The van der Waals surface area contributed by atoms with Gasteiger partial charge in [0.1, 0.15) is 24.2 Å². The molecule has 0 saturated carbocycles. The first-order valence-corrected chi connectivity index (χ1v) is 8.95. The fourth-order valence-corrected chi connectivity index (χ4v) is 3.03. The van der Waals surface area contributed by atoms with Crippen LogP contribution in [0.1, 0.15) is 12.0 Å². The largest absolute Gasteiger partial charge is 0.497 e. The van der Waals surface area contributed by atoms with Crippen molar-refractivity contribution in [1.82, 2.24) is 4.90 Å². The number of likely N-dealkylation sites (tertiary alicyclic amines) is 1. The maximum Gasteiger partial charge on any atom is 0.229 e. The van der Waals surface area contributed by atoms with Crippen molar-refractivity contribution in [2.75, 3.05) is 32.1 Å². The number of hydrogen-bond acceptors (Lipinski definition) is 5. The molecule has 2 amide bonds. The van der Waals surface area contributed by atoms with Crippen LogP contribution in [-0.2, 0) is 9.59 Å². The van der Waals surface area contributed by atoms with Crippen LogP contribution in [0.3, 0.4) is 0 Å². The van der Waals surface area contributed by atoms with Crippen molar-refractivity contribution in [2.45, 2.75) is 6.42 Å². The highest BCUT2D eigenvalue weighted by Gasteiger charge is 2.34. The number of amides is 2. The predicted octanol–water partition coefficient (Wildman–Crippen LogP) is 2.43. The zero-order valence-electron chi connectivity index (χ0n) is 15.6. The van der Waals surface area contributed by atoms with Crippen LogP contribution in [0.15, 0.2) is 48.5 Å². The average Bonchev–Trinajstić information content (AvgIpc) is 3.10. The summed E-state index contributed by atoms with van der Waals surface area (Å²) in [6.45, 7) is 1.08. The van der Waals surface area contributed by atoms with Gasteiger partial charge in [-0.2, -0.15) is 5.26 Å². The van der Waals surface area contributed by atoms with Crippen molar-refractivity contribution in [3.63, 3.8) is 0 Å². The zero-order chi connectivity index (χ0) is 19.9. The van der Waals surface area contributed by atoms with E-state index in [1.165, 1.54) is 0 Å². The highest BCUT2D eigenvalue weighted by molar-refractivity contribution is 5.98. The number of ether oxygens (including phenoxy) is 2. The predicted molar refractivity (Wildman–Crippen MR) is 103 cm³/mol. The molecule has 1 saturated heterocycles. The Morgan fingerprint density at radius 3 is 2.64 bits per heavy atom. The topological polar surface area (TPSA) is 91.7 Å². The molecule has 2 aromatic rings. The molecule has 1 atom stereocenters. The number of benzene rings is 2. The minimum atomic E-state index is -0.444. The van der Waals surface area contributed by atoms with Gasteiger partial charge in [-0.05, 0) is 36.4 Å². The van der Waals surface area contributed by atoms with Gasteiger partial charge in [-0.15, -0.1) is 0 Å². The number of rotatable bonds is 7. The Balaban J connectivity index is 1.50. The van der Waals surface area contributed by atoms with Crippen molar-refractivity contribution >= 4 is 17.5 Å². The number of carbonyl (C=O) groups excluding carboxylic acids is 2. The van der Waals surface area contributed by atoms with Gasteiger partial charge in [0.2, 0.25) is 11.8 Å². The Labute approximate surface area is 163 Å². The summed E-state index contributed by atoms with van der Waals surface area (Å²) < 4.78 is 10.7. The first-order chi connectivity index (χ1) is 13.6. The molecule has 2 aromatic carbocycles. The summed E-state index contributed by atoms with van der Waals surface area (Å²) >= 11 is 0. The Kier molecular flexibility index (Phi) is 6.12. The first-order valence-electron chi connectivity index (χ1n) is 8.95. The van der Waals surface area contributed by atoms with Gasteiger partial charge in [-0.1, -0.05) is 12.1 Å². The van der Waals surface area contributed by atoms with Crippen molar-refractivity contribution in [3.05, 3.63) is 54.1 Å². The molecule has 1 N–H and O–H groups in total. The smallest absolute Gasteiger partial charge is 0.229 e. The van der Waals surface area contributed by atoms with Crippen LogP contribution in [-0.4, -0.2) is 43.5 Å². The fourth-order valence-electron chi connectivity index (χ4n) is 3.03. The third-order valence-electron chi connectivity index (χ3n) is 4.58. The van der Waals surface area contributed by atoms with Gasteiger partial charge < -0.3 is 19.7 Å². The van der Waals surface area contributed by atoms with Crippen molar-refractivity contribution in [3.8, 4) is 17.6 Å². The molecule has 3 rings (SSSR count). The van der Waals surface area contributed by atoms with E-state index < -0.39 is 5.92 Å². The maximum atomic E-state index is 12.5. The lowest BCUT2D eigenvalue weighted by Crippen LogP contribution is -2.31. The van der Waals surface area contributed by atoms with Crippen LogP contribution >= 0.6 is 0 Å². The van der Waals surface area contributed by atoms with Crippen LogP contribution in [0, 0.1) is 17.2 Å². The summed E-state index contributed by atoms with van der Waals surface area (Å²) in [6.07, 6.45) is 0.156. The lowest BCUT2D eigenvalue weighted by molar-refractivity contribution is -0.128. The summed E-state index contributed by atoms with van der Waals surface area (Å²) in [5, 5.41) is 11.9. The second-order valence-electron chi connectivity index (χ2n) is 6.41. The van der Waals surface area contributed by atoms with E-state index in [1.54, 1.807) is 60.5 Å². The van der Waals surface area contributed by atoms with Crippen molar-refractivity contribution in [2.24, 2.45) is 5.92 Å². The standard InChI is InChI=1S/C21H21N3O4/c1-27-17-6-8-18(9-7-17)28-11-10-24-14-16(12-20(24)25)21(26)23-19-5-3-2-4-15(19)13-22/h2-9,16H,10-12,14H2,1H3,(H,23,26). The number of nitrogens with one attached hydrogen (secondary N) is 1. The number of nitriles is 1. The Bertz CT molecular complexity index is 889. The molecule has 7 heteroatoms. The minimum Gasteiger partial charge on any atom is -0.497 e. The lowest BCUT2D eigenvalue weighted by atomic mass is 10.1. The van der Waals surface area contributed by atoms with E-state index in [9.17, 15) is 9.59 Å². The fraction of sp³-hybridized carbons (Fsp3) is 0.286. The van der Waals surface area contributed by atoms with Gasteiger partial charge >= 0.3 is 0 Å². The summed E-state index contributed by atoms with van der Waals surface area (Å²) in [4.78, 5) is 26.3. The van der Waals surface area contributed by atoms with Gasteiger partial charge in [0.05, 0.1) is 30.8 Å². The summed E-state index contributed by atoms with van der Waals surface area (Å²) in [5.74, 6) is 0.658. The first kappa shape index (κ1) is 19.2. The van der Waals surface area contributed by atoms with Crippen LogP contribution in [0.4, 0.5) is 5.69 Å². The van der Waals surface area contributed by atoms with Crippen LogP contribution in [0.2, 0.25) is 0 Å². The number of anilines is 1. The number of hydrogen-bond donors (Lipinski definition) is 1. The summed E-state index contributed by atoms with van der Waals surface area (Å²) in [6, 6.07) is 16.0. The van der Waals surface area contributed by atoms with E-state index in [1.807, 2.05) is 6.07 Å². The minimum absolute atomic E-state index is 0.0768. The van der Waals surface area contributed by atoms with Gasteiger partial charge in [0.15, 0.2) is 0 Å². The molecule has 144 valence electrons. The van der Waals surface area contributed by atoms with Crippen molar-refractivity contribution < 1.29 is 19.1 Å². The third-order valence-corrected chi connectivity index (χ3v) is 4.58. The van der Waals surface area contributed by atoms with E-state index >= 15 is 0 Å². The highest BCUT2D eigenvalue weighted by atomic mass is 16.5. The molecule has 28 heavy (non-hydrogen) atoms. The summed E-state index contributed by atoms with van der Waals surface area (Å²) in [5.41, 5.74) is 0.855. The molecule has 1 heterocycles. The molecule has 0 bridgehead atoms. The molecule has 0 aliphatic carbocycles. The molecule has 1 unspecified atom stereocenters. The normalized spacial score (nSPS) is 15.8. The second-order valence-corrected chi connectivity index (χ2v) is 6.41. The monoisotopic (exact) mass is 379 g/mol. The number of methoxy groups -OCH3 is 1. The van der Waals surface area contributed by atoms with Crippen molar-refractivity contribution in [1.29, 1.82) is 5.26 Å². The maximum absolute atomic E-state index is 12.5. The number of nitrogens with zero attached hydrogens (tertiary/aromatic N) is 2. The summed E-state index contributed by atoms with van der Waals surface area (Å²) in [7, 11) is 1.60. The van der Waals surface area contributed by atoms with Crippen LogP contribution < -0.4 is 14.8 Å². The number of carbonyl (C=O) groups is 2. The van der Waals surface area contributed by atoms with E-state index in [0.29, 0.717) is 36.7 Å². The highest BCUT2D eigenvalue weighted by Crippen LogP contribution is 2.22. The van der Waals surface area contributed by atoms with E-state index in [4.69, 9.17) is 14.7 Å². The van der Waals surface area contributed by atoms with Gasteiger partial charge in [0.25, 0.3) is 0 Å². The van der Waals surface area contributed by atoms with Crippen LogP contribution in [0.25, 0.3) is 0 Å². The van der Waals surface area contributed by atoms with Crippen LogP contribution in [0.5, 0.6) is 11.5 Å². The average molecular weight is 379 g/mol. The van der Waals surface area contributed by atoms with E-state index in [0.717, 1.165) is 5.75 Å². The van der Waals surface area contributed by atoms with Gasteiger partial charge in [-0.3, -0.25) is 9.59 Å². The molecule has 0 aromatic heterocycles. The molecular formula is C21H21N3O4. The van der Waals surface area contributed by atoms with E-state index in [2.05, 4.69) is 5.32 Å². The second kappa shape index (κ2) is 8.91. The third kappa shape index (κ3) is 4.60. The van der Waals surface area contributed by atoms with E-state index in [-0.39, 0.29) is 18.2 Å². The zero-order valence-corrected chi connectivity index (χ0v) is 15.6. The Morgan fingerprint density at radius 2 is 1.93 bits per heavy atom. The van der Waals surface area contributed by atoms with Gasteiger partial charge in [0, 0.05) is 13.0 Å². The SMILES string of the molecule is COc1ccc(OCCN2CC(C(=O)Nc3ccccc3C#N)CC2=O)cc1. The molecule has 7 nitrogen and oxygen atoms in total. The Hall–Kier alpha value is -3.53. The molecular weight excluding hydrogens is 358 g/mol. The molecule has 1 aliphatic heterocycles. The molecule has 0 radical (unpaired) electrons. The molecule has 1 fully saturated rings. The molecule has 0 spiro atoms. The molecule has 1 aliphatic rings.